The zero-order valence-corrected chi connectivity index (χ0v) is 12.4. The van der Waals surface area contributed by atoms with Crippen LogP contribution in [0.15, 0.2) is 0 Å². The third kappa shape index (κ3) is 2.65. The van der Waals surface area contributed by atoms with E-state index in [9.17, 15) is 14.4 Å². The van der Waals surface area contributed by atoms with Gasteiger partial charge in [-0.25, -0.2) is 4.79 Å². The second kappa shape index (κ2) is 6.17. The number of imide groups is 2. The summed E-state index contributed by atoms with van der Waals surface area (Å²) in [6.07, 6.45) is 5.04. The van der Waals surface area contributed by atoms with Gasteiger partial charge in [0, 0.05) is 14.1 Å². The Kier molecular flexibility index (Phi) is 5.09. The molecule has 0 spiro atoms. The van der Waals surface area contributed by atoms with Crippen LogP contribution in [0.1, 0.15) is 52.4 Å². The number of amides is 4. The lowest BCUT2D eigenvalue weighted by Gasteiger charge is -2.41. The topological polar surface area (TPSA) is 57.7 Å². The highest BCUT2D eigenvalue weighted by Gasteiger charge is 2.53. The summed E-state index contributed by atoms with van der Waals surface area (Å²) in [5.41, 5.74) is -1.04. The Balaban J connectivity index is 2.92. The summed E-state index contributed by atoms with van der Waals surface area (Å²) in [6.45, 7) is 3.96. The van der Waals surface area contributed by atoms with Gasteiger partial charge in [0.2, 0.25) is 11.8 Å². The van der Waals surface area contributed by atoms with E-state index < -0.39 is 11.4 Å². The van der Waals surface area contributed by atoms with Gasteiger partial charge in [0.25, 0.3) is 0 Å². The summed E-state index contributed by atoms with van der Waals surface area (Å²) in [5.74, 6) is -0.695. The molecule has 0 bridgehead atoms. The highest BCUT2D eigenvalue weighted by Crippen LogP contribution is 2.36. The molecular weight excluding hydrogens is 244 g/mol. The molecular formula is C14H24N2O3. The smallest absolute Gasteiger partial charge is 0.273 e. The first-order valence-corrected chi connectivity index (χ1v) is 7.02. The van der Waals surface area contributed by atoms with Crippen molar-refractivity contribution in [2.45, 2.75) is 52.4 Å². The molecule has 0 saturated carbocycles. The number of rotatable bonds is 6. The van der Waals surface area contributed by atoms with Crippen LogP contribution < -0.4 is 0 Å². The van der Waals surface area contributed by atoms with Crippen molar-refractivity contribution in [3.8, 4) is 0 Å². The second-order valence-corrected chi connectivity index (χ2v) is 5.26. The minimum Gasteiger partial charge on any atom is -0.273 e. The van der Waals surface area contributed by atoms with E-state index in [1.165, 1.54) is 14.1 Å². The van der Waals surface area contributed by atoms with Gasteiger partial charge in [0.1, 0.15) is 5.41 Å². The molecule has 0 unspecified atom stereocenters. The number of carbonyl (C=O) groups excluding carboxylic acids is 3. The van der Waals surface area contributed by atoms with E-state index in [0.717, 1.165) is 35.5 Å². The molecule has 108 valence electrons. The minimum absolute atomic E-state index is 0.348. The molecule has 0 aromatic heterocycles. The molecule has 1 saturated heterocycles. The molecule has 0 aromatic rings. The van der Waals surface area contributed by atoms with Crippen LogP contribution in [0.2, 0.25) is 0 Å². The van der Waals surface area contributed by atoms with Crippen molar-refractivity contribution in [2.75, 3.05) is 14.1 Å². The summed E-state index contributed by atoms with van der Waals surface area (Å²) in [4.78, 5) is 38.6. The Morgan fingerprint density at radius 3 is 1.84 bits per heavy atom. The molecule has 1 heterocycles. The summed E-state index contributed by atoms with van der Waals surface area (Å²) >= 11 is 0. The van der Waals surface area contributed by atoms with Gasteiger partial charge < -0.3 is 0 Å². The fraction of sp³-hybridized carbons (Fsp3) is 0.786. The molecule has 0 aromatic carbocycles. The van der Waals surface area contributed by atoms with E-state index in [-0.39, 0.29) is 11.8 Å². The summed E-state index contributed by atoms with van der Waals surface area (Å²) in [6, 6.07) is -0.535. The average Bonchev–Trinajstić information content (AvgIpc) is 2.43. The fourth-order valence-electron chi connectivity index (χ4n) is 2.68. The van der Waals surface area contributed by atoms with Gasteiger partial charge >= 0.3 is 6.03 Å². The second-order valence-electron chi connectivity index (χ2n) is 5.26. The molecule has 0 N–H and O–H groups in total. The zero-order valence-electron chi connectivity index (χ0n) is 12.4. The van der Waals surface area contributed by atoms with Gasteiger partial charge in [-0.3, -0.25) is 19.4 Å². The number of urea groups is 1. The number of nitrogens with zero attached hydrogens (tertiary/aromatic N) is 2. The summed E-state index contributed by atoms with van der Waals surface area (Å²) in [5, 5.41) is 0. The molecule has 5 nitrogen and oxygen atoms in total. The standard InChI is InChI=1S/C14H24N2O3/c1-5-7-8-9-10-14(6-2)11(17)15(3)13(19)16(4)12(14)18/h5-10H2,1-4H3. The highest BCUT2D eigenvalue weighted by molar-refractivity contribution is 6.18. The zero-order chi connectivity index (χ0) is 14.6. The molecule has 1 aliphatic rings. The number of hydrogen-bond donors (Lipinski definition) is 0. The van der Waals surface area contributed by atoms with Crippen molar-refractivity contribution in [2.24, 2.45) is 5.41 Å². The van der Waals surface area contributed by atoms with Crippen LogP contribution >= 0.6 is 0 Å². The Morgan fingerprint density at radius 1 is 0.895 bits per heavy atom. The SMILES string of the molecule is CCCCCCC1(CC)C(=O)N(C)C(=O)N(C)C1=O. The predicted octanol–water partition coefficient (Wildman–Crippen LogP) is 2.40. The third-order valence-corrected chi connectivity index (χ3v) is 4.06. The van der Waals surface area contributed by atoms with Crippen LogP contribution in [0.4, 0.5) is 4.79 Å². The van der Waals surface area contributed by atoms with E-state index in [1.54, 1.807) is 0 Å². The van der Waals surface area contributed by atoms with Gasteiger partial charge in [0.15, 0.2) is 0 Å². The van der Waals surface area contributed by atoms with Crippen LogP contribution in [0.3, 0.4) is 0 Å². The largest absolute Gasteiger partial charge is 0.332 e. The van der Waals surface area contributed by atoms with Crippen LogP contribution in [0.5, 0.6) is 0 Å². The lowest BCUT2D eigenvalue weighted by Crippen LogP contribution is -2.62. The van der Waals surface area contributed by atoms with Crippen LogP contribution in [-0.2, 0) is 9.59 Å². The van der Waals surface area contributed by atoms with E-state index in [4.69, 9.17) is 0 Å². The van der Waals surface area contributed by atoms with Crippen molar-refractivity contribution in [3.63, 3.8) is 0 Å². The molecule has 1 rings (SSSR count). The van der Waals surface area contributed by atoms with E-state index in [2.05, 4.69) is 6.92 Å². The maximum absolute atomic E-state index is 12.4. The van der Waals surface area contributed by atoms with Gasteiger partial charge in [-0.2, -0.15) is 0 Å². The normalized spacial score (nSPS) is 19.3. The number of barbiturate groups is 1. The van der Waals surface area contributed by atoms with Crippen molar-refractivity contribution in [3.05, 3.63) is 0 Å². The van der Waals surface area contributed by atoms with Crippen LogP contribution in [0, 0.1) is 5.41 Å². The Hall–Kier alpha value is -1.39. The Labute approximate surface area is 114 Å². The first kappa shape index (κ1) is 15.7. The third-order valence-electron chi connectivity index (χ3n) is 4.06. The van der Waals surface area contributed by atoms with E-state index in [1.807, 2.05) is 6.92 Å². The van der Waals surface area contributed by atoms with Crippen LogP contribution in [0.25, 0.3) is 0 Å². The first-order valence-electron chi connectivity index (χ1n) is 7.02. The van der Waals surface area contributed by atoms with Gasteiger partial charge in [-0.15, -0.1) is 0 Å². The highest BCUT2D eigenvalue weighted by atomic mass is 16.2. The van der Waals surface area contributed by atoms with E-state index in [0.29, 0.717) is 12.8 Å². The maximum atomic E-state index is 12.4. The lowest BCUT2D eigenvalue weighted by atomic mass is 9.76. The molecule has 0 aliphatic carbocycles. The minimum atomic E-state index is -1.04. The molecule has 4 amide bonds. The first-order chi connectivity index (χ1) is 8.92. The molecule has 19 heavy (non-hydrogen) atoms. The fourth-order valence-corrected chi connectivity index (χ4v) is 2.68. The number of unbranched alkanes of at least 4 members (excludes halogenated alkanes) is 3. The molecule has 0 atom stereocenters. The predicted molar refractivity (Wildman–Crippen MR) is 72.4 cm³/mol. The lowest BCUT2D eigenvalue weighted by molar-refractivity contribution is -0.158. The molecule has 1 aliphatic heterocycles. The molecule has 1 fully saturated rings. The van der Waals surface area contributed by atoms with E-state index >= 15 is 0 Å². The maximum Gasteiger partial charge on any atom is 0.332 e. The Morgan fingerprint density at radius 2 is 1.42 bits per heavy atom. The number of hydrogen-bond acceptors (Lipinski definition) is 3. The number of carbonyl (C=O) groups is 3. The monoisotopic (exact) mass is 268 g/mol. The van der Waals surface area contributed by atoms with Gasteiger partial charge in [-0.05, 0) is 12.8 Å². The van der Waals surface area contributed by atoms with Crippen molar-refractivity contribution < 1.29 is 14.4 Å². The molecule has 0 radical (unpaired) electrons. The molecule has 5 heteroatoms. The van der Waals surface area contributed by atoms with Gasteiger partial charge in [-0.1, -0.05) is 39.5 Å². The quantitative estimate of drug-likeness (QED) is 0.549. The van der Waals surface area contributed by atoms with Crippen molar-refractivity contribution >= 4 is 17.8 Å². The summed E-state index contributed by atoms with van der Waals surface area (Å²) < 4.78 is 0. The Bertz CT molecular complexity index is 355. The van der Waals surface area contributed by atoms with Crippen molar-refractivity contribution in [1.29, 1.82) is 0 Å². The van der Waals surface area contributed by atoms with Crippen LogP contribution in [-0.4, -0.2) is 41.7 Å². The average molecular weight is 268 g/mol. The van der Waals surface area contributed by atoms with Gasteiger partial charge in [0.05, 0.1) is 0 Å². The summed E-state index contributed by atoms with van der Waals surface area (Å²) in [7, 11) is 2.90. The van der Waals surface area contributed by atoms with Crippen molar-refractivity contribution in [1.82, 2.24) is 9.80 Å².